The van der Waals surface area contributed by atoms with Gasteiger partial charge in [0.2, 0.25) is 21.8 Å². The van der Waals surface area contributed by atoms with E-state index >= 15 is 0 Å². The zero-order chi connectivity index (χ0) is 28.0. The van der Waals surface area contributed by atoms with Gasteiger partial charge in [0, 0.05) is 19.6 Å². The molecule has 9 heteroatoms. The van der Waals surface area contributed by atoms with Gasteiger partial charge in [-0.15, -0.1) is 0 Å². The highest BCUT2D eigenvalue weighted by molar-refractivity contribution is 7.89. The van der Waals surface area contributed by atoms with Crippen molar-refractivity contribution in [1.82, 2.24) is 14.5 Å². The summed E-state index contributed by atoms with van der Waals surface area (Å²) >= 11 is 0. The van der Waals surface area contributed by atoms with Crippen molar-refractivity contribution in [2.45, 2.75) is 62.6 Å². The number of likely N-dealkylation sites (N-methyl/N-ethyl adjacent to an activating group) is 1. The van der Waals surface area contributed by atoms with Gasteiger partial charge in [-0.25, -0.2) is 8.42 Å². The van der Waals surface area contributed by atoms with E-state index in [1.54, 1.807) is 37.4 Å². The molecule has 0 bridgehead atoms. The molecule has 0 radical (unpaired) electrons. The van der Waals surface area contributed by atoms with Crippen molar-refractivity contribution in [2.75, 3.05) is 20.7 Å². The maximum absolute atomic E-state index is 13.7. The molecule has 1 atom stereocenters. The number of amides is 2. The fourth-order valence-corrected chi connectivity index (χ4v) is 6.24. The van der Waals surface area contributed by atoms with E-state index in [-0.39, 0.29) is 23.4 Å². The summed E-state index contributed by atoms with van der Waals surface area (Å²) in [6.07, 6.45) is 4.42. The fraction of sp³-hybridized carbons (Fsp3) is 0.400. The quantitative estimate of drug-likeness (QED) is 0.383. The van der Waals surface area contributed by atoms with Crippen molar-refractivity contribution in [2.24, 2.45) is 0 Å². The number of hydrogen-bond donors (Lipinski definition) is 1. The predicted octanol–water partition coefficient (Wildman–Crippen LogP) is 4.34. The summed E-state index contributed by atoms with van der Waals surface area (Å²) in [5, 5.41) is 4.84. The van der Waals surface area contributed by atoms with Gasteiger partial charge in [-0.1, -0.05) is 62.2 Å². The van der Waals surface area contributed by atoms with Crippen molar-refractivity contribution in [1.29, 1.82) is 0 Å². The summed E-state index contributed by atoms with van der Waals surface area (Å²) in [5.41, 5.74) is 0.816. The topological polar surface area (TPSA) is 96.0 Å². The zero-order valence-corrected chi connectivity index (χ0v) is 23.6. The van der Waals surface area contributed by atoms with Crippen LogP contribution in [0.2, 0.25) is 0 Å². The molecule has 4 rings (SSSR count). The van der Waals surface area contributed by atoms with Crippen LogP contribution < -0.4 is 10.1 Å². The number of carbonyl (C=O) groups is 2. The molecule has 3 aromatic rings. The van der Waals surface area contributed by atoms with E-state index in [1.807, 2.05) is 43.3 Å². The minimum atomic E-state index is -3.94. The Kier molecular flexibility index (Phi) is 9.24. The first kappa shape index (κ1) is 28.6. The maximum Gasteiger partial charge on any atom is 0.243 e. The van der Waals surface area contributed by atoms with E-state index in [0.717, 1.165) is 46.3 Å². The SMILES string of the molecule is CC[C@@H](C(=O)NC1CCCC1)N(Cc1ccc(OC)cc1)C(=O)CN(C)S(=O)(=O)c1ccc2ccccc2c1. The van der Waals surface area contributed by atoms with Crippen LogP contribution in [0.25, 0.3) is 10.8 Å². The Hall–Kier alpha value is -3.43. The third kappa shape index (κ3) is 6.78. The molecule has 0 aliphatic heterocycles. The summed E-state index contributed by atoms with van der Waals surface area (Å²) in [6.45, 7) is 1.64. The Labute approximate surface area is 231 Å². The van der Waals surface area contributed by atoms with Gasteiger partial charge in [-0.05, 0) is 59.9 Å². The molecule has 0 saturated heterocycles. The van der Waals surface area contributed by atoms with Crippen LogP contribution in [0.1, 0.15) is 44.6 Å². The summed E-state index contributed by atoms with van der Waals surface area (Å²) in [4.78, 5) is 28.7. The summed E-state index contributed by atoms with van der Waals surface area (Å²) in [5.74, 6) is 0.0428. The van der Waals surface area contributed by atoms with Crippen LogP contribution in [-0.4, -0.2) is 62.2 Å². The number of nitrogens with zero attached hydrogens (tertiary/aromatic N) is 2. The molecule has 0 aromatic heterocycles. The van der Waals surface area contributed by atoms with Crippen LogP contribution >= 0.6 is 0 Å². The number of nitrogens with one attached hydrogen (secondary N) is 1. The maximum atomic E-state index is 13.7. The first-order valence-corrected chi connectivity index (χ1v) is 14.8. The Morgan fingerprint density at radius 2 is 1.67 bits per heavy atom. The standard InChI is InChI=1S/C30H37N3O5S/c1-4-28(30(35)31-25-11-7-8-12-25)33(20-22-13-16-26(38-3)17-14-22)29(34)21-32(2)39(36,37)27-18-15-23-9-5-6-10-24(23)19-27/h5-6,9-10,13-19,25,28H,4,7-8,11-12,20-21H2,1-3H3,(H,31,35)/t28-/m0/s1. The molecule has 0 spiro atoms. The normalized spacial score (nSPS) is 14.9. The number of rotatable bonds is 11. The molecular weight excluding hydrogens is 514 g/mol. The number of fused-ring (bicyclic) bond motifs is 1. The number of methoxy groups -OCH3 is 1. The van der Waals surface area contributed by atoms with Gasteiger partial charge < -0.3 is 15.0 Å². The summed E-state index contributed by atoms with van der Waals surface area (Å²) in [7, 11) is -0.967. The summed E-state index contributed by atoms with van der Waals surface area (Å²) in [6, 6.07) is 19.1. The lowest BCUT2D eigenvalue weighted by Crippen LogP contribution is -2.53. The van der Waals surface area contributed by atoms with Gasteiger partial charge in [0.05, 0.1) is 18.6 Å². The minimum Gasteiger partial charge on any atom is -0.497 e. The molecule has 1 N–H and O–H groups in total. The van der Waals surface area contributed by atoms with Crippen molar-refractivity contribution in [3.63, 3.8) is 0 Å². The highest BCUT2D eigenvalue weighted by Crippen LogP contribution is 2.23. The average molecular weight is 552 g/mol. The second kappa shape index (κ2) is 12.6. The predicted molar refractivity (Wildman–Crippen MR) is 152 cm³/mol. The molecule has 8 nitrogen and oxygen atoms in total. The highest BCUT2D eigenvalue weighted by Gasteiger charge is 2.33. The van der Waals surface area contributed by atoms with Crippen LogP contribution in [0.4, 0.5) is 0 Å². The van der Waals surface area contributed by atoms with Gasteiger partial charge >= 0.3 is 0 Å². The first-order chi connectivity index (χ1) is 18.7. The van der Waals surface area contributed by atoms with Crippen LogP contribution in [0.5, 0.6) is 5.75 Å². The van der Waals surface area contributed by atoms with Crippen LogP contribution in [0.3, 0.4) is 0 Å². The van der Waals surface area contributed by atoms with E-state index < -0.39 is 28.5 Å². The molecule has 39 heavy (non-hydrogen) atoms. The molecule has 1 aliphatic rings. The molecule has 1 fully saturated rings. The highest BCUT2D eigenvalue weighted by atomic mass is 32.2. The second-order valence-electron chi connectivity index (χ2n) is 10.1. The third-order valence-electron chi connectivity index (χ3n) is 7.39. The summed E-state index contributed by atoms with van der Waals surface area (Å²) < 4.78 is 33.2. The van der Waals surface area contributed by atoms with Crippen molar-refractivity contribution in [3.8, 4) is 5.75 Å². The van der Waals surface area contributed by atoms with Crippen LogP contribution in [0.15, 0.2) is 71.6 Å². The Bertz CT molecular complexity index is 1400. The molecular formula is C30H37N3O5S. The smallest absolute Gasteiger partial charge is 0.243 e. The lowest BCUT2D eigenvalue weighted by atomic mass is 10.1. The number of carbonyl (C=O) groups excluding carboxylic acids is 2. The number of sulfonamides is 1. The third-order valence-corrected chi connectivity index (χ3v) is 9.19. The largest absolute Gasteiger partial charge is 0.497 e. The molecule has 3 aromatic carbocycles. The molecule has 1 saturated carbocycles. The first-order valence-electron chi connectivity index (χ1n) is 13.4. The van der Waals surface area contributed by atoms with E-state index in [0.29, 0.717) is 12.2 Å². The van der Waals surface area contributed by atoms with Gasteiger partial charge in [-0.2, -0.15) is 4.31 Å². The van der Waals surface area contributed by atoms with E-state index in [4.69, 9.17) is 4.74 Å². The van der Waals surface area contributed by atoms with Crippen LogP contribution in [-0.2, 0) is 26.2 Å². The Morgan fingerprint density at radius 1 is 1.00 bits per heavy atom. The second-order valence-corrected chi connectivity index (χ2v) is 12.1. The molecule has 0 heterocycles. The molecule has 208 valence electrons. The molecule has 2 amide bonds. The Morgan fingerprint density at radius 3 is 2.31 bits per heavy atom. The zero-order valence-electron chi connectivity index (χ0n) is 22.8. The van der Waals surface area contributed by atoms with E-state index in [1.165, 1.54) is 11.9 Å². The lowest BCUT2D eigenvalue weighted by Gasteiger charge is -2.32. The van der Waals surface area contributed by atoms with Gasteiger partial charge in [-0.3, -0.25) is 9.59 Å². The van der Waals surface area contributed by atoms with E-state index in [9.17, 15) is 18.0 Å². The number of ether oxygens (including phenoxy) is 1. The van der Waals surface area contributed by atoms with Gasteiger partial charge in [0.1, 0.15) is 11.8 Å². The average Bonchev–Trinajstić information content (AvgIpc) is 3.45. The number of benzene rings is 3. The minimum absolute atomic E-state index is 0.112. The van der Waals surface area contributed by atoms with Crippen LogP contribution in [0, 0.1) is 0 Å². The number of hydrogen-bond acceptors (Lipinski definition) is 5. The van der Waals surface area contributed by atoms with Gasteiger partial charge in [0.25, 0.3) is 0 Å². The lowest BCUT2D eigenvalue weighted by molar-refractivity contribution is -0.141. The van der Waals surface area contributed by atoms with Crippen molar-refractivity contribution >= 4 is 32.6 Å². The van der Waals surface area contributed by atoms with Crippen molar-refractivity contribution in [3.05, 3.63) is 72.3 Å². The molecule has 0 unspecified atom stereocenters. The van der Waals surface area contributed by atoms with Gasteiger partial charge in [0.15, 0.2) is 0 Å². The monoisotopic (exact) mass is 551 g/mol. The van der Waals surface area contributed by atoms with Crippen molar-refractivity contribution < 1.29 is 22.7 Å². The fourth-order valence-electron chi connectivity index (χ4n) is 5.09. The Balaban J connectivity index is 1.57. The van der Waals surface area contributed by atoms with E-state index in [2.05, 4.69) is 5.32 Å². The molecule has 1 aliphatic carbocycles.